The number of hydrogen-bond donors (Lipinski definition) is 1. The number of allylic oxidation sites excluding steroid dienone is 1. The van der Waals surface area contributed by atoms with Crippen molar-refractivity contribution in [2.24, 2.45) is 11.8 Å². The van der Waals surface area contributed by atoms with E-state index in [1.54, 1.807) is 0 Å². The molecule has 1 aliphatic carbocycles. The second kappa shape index (κ2) is 8.93. The molecule has 1 N–H and O–H groups in total. The van der Waals surface area contributed by atoms with Gasteiger partial charge in [-0.15, -0.1) is 0 Å². The maximum absolute atomic E-state index is 11.8. The number of carboxylic acids is 1. The third kappa shape index (κ3) is 5.89. The minimum absolute atomic E-state index is 0.236. The third-order valence-corrected chi connectivity index (χ3v) is 4.26. The topological polar surface area (TPSA) is 54.4 Å². The lowest BCUT2D eigenvalue weighted by Gasteiger charge is -2.20. The Morgan fingerprint density at radius 3 is 2.70 bits per heavy atom. The summed E-state index contributed by atoms with van der Waals surface area (Å²) < 4.78 is 0. The van der Waals surface area contributed by atoms with Crippen LogP contribution in [0.25, 0.3) is 0 Å². The van der Waals surface area contributed by atoms with Crippen molar-refractivity contribution in [2.45, 2.75) is 71.6 Å². The molecule has 0 radical (unpaired) electrons. The van der Waals surface area contributed by atoms with E-state index < -0.39 is 5.97 Å². The summed E-state index contributed by atoms with van der Waals surface area (Å²) in [5.41, 5.74) is 0.507. The first kappa shape index (κ1) is 16.9. The van der Waals surface area contributed by atoms with Gasteiger partial charge < -0.3 is 5.11 Å². The lowest BCUT2D eigenvalue weighted by molar-refractivity contribution is -0.133. The standard InChI is InChI=1S/C17H28O3/c1-3-4-5-6-8-14-12-15(17(19)20)9-7-10-16(18)11-13(14)2/h12-14H,3-11H2,1-2H3,(H,19,20)/b15-12+/t13?,14-/m0/s1. The van der Waals surface area contributed by atoms with Gasteiger partial charge in [-0.2, -0.15) is 0 Å². The summed E-state index contributed by atoms with van der Waals surface area (Å²) in [5, 5.41) is 9.27. The fraction of sp³-hybridized carbons (Fsp3) is 0.765. The average Bonchev–Trinajstić information content (AvgIpc) is 2.45. The van der Waals surface area contributed by atoms with Crippen molar-refractivity contribution in [3.63, 3.8) is 0 Å². The van der Waals surface area contributed by atoms with E-state index in [1.165, 1.54) is 19.3 Å². The number of carbonyl (C=O) groups excluding carboxylic acids is 1. The Morgan fingerprint density at radius 1 is 1.30 bits per heavy atom. The fourth-order valence-electron chi connectivity index (χ4n) is 2.95. The molecule has 0 amide bonds. The quantitative estimate of drug-likeness (QED) is 0.735. The molecule has 0 aromatic heterocycles. The van der Waals surface area contributed by atoms with Crippen LogP contribution in [0.1, 0.15) is 71.6 Å². The van der Waals surface area contributed by atoms with Crippen LogP contribution in [0.4, 0.5) is 0 Å². The summed E-state index contributed by atoms with van der Waals surface area (Å²) in [6, 6.07) is 0. The van der Waals surface area contributed by atoms with Crippen LogP contribution in [0, 0.1) is 11.8 Å². The lowest BCUT2D eigenvalue weighted by Crippen LogP contribution is -2.14. The third-order valence-electron chi connectivity index (χ3n) is 4.26. The first-order chi connectivity index (χ1) is 9.54. The highest BCUT2D eigenvalue weighted by atomic mass is 16.4. The normalized spacial score (nSPS) is 27.1. The molecule has 1 rings (SSSR count). The SMILES string of the molecule is CCCCCC[C@H]1/C=C(/C(=O)O)CCCC(=O)CC1C. The van der Waals surface area contributed by atoms with Crippen molar-refractivity contribution in [1.29, 1.82) is 0 Å². The van der Waals surface area contributed by atoms with Crippen LogP contribution in [0.3, 0.4) is 0 Å². The van der Waals surface area contributed by atoms with Gasteiger partial charge in [0.25, 0.3) is 0 Å². The maximum atomic E-state index is 11.8. The highest BCUT2D eigenvalue weighted by molar-refractivity contribution is 5.87. The zero-order chi connectivity index (χ0) is 15.0. The molecular formula is C17H28O3. The van der Waals surface area contributed by atoms with Crippen LogP contribution in [0.15, 0.2) is 11.6 Å². The van der Waals surface area contributed by atoms with Crippen LogP contribution >= 0.6 is 0 Å². The molecule has 0 aromatic carbocycles. The summed E-state index contributed by atoms with van der Waals surface area (Å²) in [6.45, 7) is 4.27. The van der Waals surface area contributed by atoms with E-state index in [2.05, 4.69) is 13.8 Å². The second-order valence-electron chi connectivity index (χ2n) is 6.08. The Bertz CT molecular complexity index is 357. The van der Waals surface area contributed by atoms with E-state index in [1.807, 2.05) is 6.08 Å². The summed E-state index contributed by atoms with van der Waals surface area (Å²) in [7, 11) is 0. The van der Waals surface area contributed by atoms with Gasteiger partial charge in [0.1, 0.15) is 5.78 Å². The van der Waals surface area contributed by atoms with Gasteiger partial charge in [-0.1, -0.05) is 45.6 Å². The van der Waals surface area contributed by atoms with E-state index in [0.717, 1.165) is 12.8 Å². The molecule has 3 heteroatoms. The molecule has 3 nitrogen and oxygen atoms in total. The average molecular weight is 280 g/mol. The van der Waals surface area contributed by atoms with Gasteiger partial charge in [0.05, 0.1) is 0 Å². The zero-order valence-electron chi connectivity index (χ0n) is 12.9. The van der Waals surface area contributed by atoms with Crippen molar-refractivity contribution >= 4 is 11.8 Å². The zero-order valence-corrected chi connectivity index (χ0v) is 12.9. The monoisotopic (exact) mass is 280 g/mol. The highest BCUT2D eigenvalue weighted by Gasteiger charge is 2.22. The van der Waals surface area contributed by atoms with Crippen molar-refractivity contribution in [1.82, 2.24) is 0 Å². The Balaban J connectivity index is 2.74. The minimum atomic E-state index is -0.815. The maximum Gasteiger partial charge on any atom is 0.331 e. The van der Waals surface area contributed by atoms with Gasteiger partial charge >= 0.3 is 5.97 Å². The molecule has 0 aliphatic heterocycles. The van der Waals surface area contributed by atoms with E-state index in [0.29, 0.717) is 31.3 Å². The Kier molecular flexibility index (Phi) is 7.56. The number of hydrogen-bond acceptors (Lipinski definition) is 2. The van der Waals surface area contributed by atoms with Crippen molar-refractivity contribution in [2.75, 3.05) is 0 Å². The number of unbranched alkanes of at least 4 members (excludes halogenated alkanes) is 3. The Hall–Kier alpha value is -1.12. The van der Waals surface area contributed by atoms with E-state index in [9.17, 15) is 14.7 Å². The smallest absolute Gasteiger partial charge is 0.331 e. The molecule has 1 aliphatic rings. The molecular weight excluding hydrogens is 252 g/mol. The van der Waals surface area contributed by atoms with Crippen molar-refractivity contribution in [3.05, 3.63) is 11.6 Å². The summed E-state index contributed by atoms with van der Waals surface area (Å²) in [6.07, 6.45) is 10.0. The van der Waals surface area contributed by atoms with E-state index in [4.69, 9.17) is 0 Å². The van der Waals surface area contributed by atoms with Gasteiger partial charge in [-0.25, -0.2) is 4.79 Å². The molecule has 0 spiro atoms. The fourth-order valence-corrected chi connectivity index (χ4v) is 2.95. The number of carbonyl (C=O) groups is 2. The first-order valence-electron chi connectivity index (χ1n) is 8.00. The lowest BCUT2D eigenvalue weighted by atomic mass is 9.84. The van der Waals surface area contributed by atoms with Gasteiger partial charge in [-0.3, -0.25) is 4.79 Å². The predicted molar refractivity (Wildman–Crippen MR) is 80.6 cm³/mol. The number of aliphatic carboxylic acids is 1. The molecule has 0 fully saturated rings. The molecule has 0 saturated heterocycles. The van der Waals surface area contributed by atoms with Crippen molar-refractivity contribution < 1.29 is 14.7 Å². The molecule has 0 aromatic rings. The van der Waals surface area contributed by atoms with Gasteiger partial charge in [0, 0.05) is 18.4 Å². The van der Waals surface area contributed by atoms with Crippen LogP contribution in [0.2, 0.25) is 0 Å². The number of Topliss-reactive ketones (excluding diaryl/α,β-unsaturated/α-hetero) is 1. The Labute approximate surface area is 122 Å². The van der Waals surface area contributed by atoms with Crippen LogP contribution < -0.4 is 0 Å². The van der Waals surface area contributed by atoms with Crippen LogP contribution in [0.5, 0.6) is 0 Å². The summed E-state index contributed by atoms with van der Waals surface area (Å²) in [5.74, 6) is -0.0298. The largest absolute Gasteiger partial charge is 0.478 e. The molecule has 0 heterocycles. The highest BCUT2D eigenvalue weighted by Crippen LogP contribution is 2.28. The number of rotatable bonds is 6. The number of ketones is 1. The molecule has 0 saturated carbocycles. The van der Waals surface area contributed by atoms with E-state index >= 15 is 0 Å². The predicted octanol–water partition coefficient (Wildman–Crippen LogP) is 4.36. The number of carboxylic acid groups (broad SMARTS) is 1. The van der Waals surface area contributed by atoms with Gasteiger partial charge in [0.15, 0.2) is 0 Å². The van der Waals surface area contributed by atoms with Crippen LogP contribution in [-0.4, -0.2) is 16.9 Å². The van der Waals surface area contributed by atoms with Crippen LogP contribution in [-0.2, 0) is 9.59 Å². The minimum Gasteiger partial charge on any atom is -0.478 e. The van der Waals surface area contributed by atoms with Gasteiger partial charge in [0.2, 0.25) is 0 Å². The molecule has 20 heavy (non-hydrogen) atoms. The van der Waals surface area contributed by atoms with E-state index in [-0.39, 0.29) is 17.6 Å². The Morgan fingerprint density at radius 2 is 2.05 bits per heavy atom. The summed E-state index contributed by atoms with van der Waals surface area (Å²) in [4.78, 5) is 23.1. The molecule has 114 valence electrons. The van der Waals surface area contributed by atoms with Crippen molar-refractivity contribution in [3.8, 4) is 0 Å². The molecule has 0 bridgehead atoms. The molecule has 2 atom stereocenters. The summed E-state index contributed by atoms with van der Waals surface area (Å²) >= 11 is 0. The second-order valence-corrected chi connectivity index (χ2v) is 6.08. The van der Waals surface area contributed by atoms with Gasteiger partial charge in [-0.05, 0) is 31.1 Å². The molecule has 1 unspecified atom stereocenters. The first-order valence-corrected chi connectivity index (χ1v) is 8.00.